The third-order valence-corrected chi connectivity index (χ3v) is 4.82. The van der Waals surface area contributed by atoms with Crippen molar-refractivity contribution < 1.29 is 19.1 Å². The number of carbonyl (C=O) groups is 3. The van der Waals surface area contributed by atoms with E-state index in [9.17, 15) is 14.4 Å². The van der Waals surface area contributed by atoms with Crippen LogP contribution in [-0.4, -0.2) is 30.5 Å². The van der Waals surface area contributed by atoms with Gasteiger partial charge in [-0.25, -0.2) is 10.2 Å². The van der Waals surface area contributed by atoms with E-state index in [0.717, 1.165) is 0 Å². The zero-order valence-electron chi connectivity index (χ0n) is 17.7. The van der Waals surface area contributed by atoms with Gasteiger partial charge in [-0.15, -0.1) is 0 Å². The van der Waals surface area contributed by atoms with Crippen LogP contribution in [0.5, 0.6) is 5.75 Å². The molecule has 0 saturated heterocycles. The van der Waals surface area contributed by atoms with Crippen LogP contribution >= 0.6 is 11.6 Å². The number of hydrogen-bond donors (Lipinski definition) is 2. The molecule has 2 N–H and O–H groups in total. The fraction of sp³-hybridized carbons (Fsp3) is 0.120. The lowest BCUT2D eigenvalue weighted by molar-refractivity contribution is -0.121. The minimum Gasteiger partial charge on any atom is -0.423 e. The van der Waals surface area contributed by atoms with E-state index in [-0.39, 0.29) is 23.8 Å². The topological polar surface area (TPSA) is 96.9 Å². The summed E-state index contributed by atoms with van der Waals surface area (Å²) in [6, 6.07) is 22.2. The maximum Gasteiger partial charge on any atom is 0.345 e. The van der Waals surface area contributed by atoms with Gasteiger partial charge < -0.3 is 10.1 Å². The molecule has 0 aliphatic heterocycles. The second kappa shape index (κ2) is 12.2. The van der Waals surface area contributed by atoms with E-state index >= 15 is 0 Å². The van der Waals surface area contributed by atoms with E-state index in [1.165, 1.54) is 6.21 Å². The van der Waals surface area contributed by atoms with Gasteiger partial charge in [0, 0.05) is 18.5 Å². The van der Waals surface area contributed by atoms with Crippen molar-refractivity contribution in [2.45, 2.75) is 12.8 Å². The molecule has 0 atom stereocenters. The summed E-state index contributed by atoms with van der Waals surface area (Å²) in [6.45, 7) is 0.388. The first-order valence-electron chi connectivity index (χ1n) is 10.2. The first-order valence-corrected chi connectivity index (χ1v) is 10.6. The van der Waals surface area contributed by atoms with Crippen molar-refractivity contribution in [3.8, 4) is 5.75 Å². The fourth-order valence-electron chi connectivity index (χ4n) is 2.79. The van der Waals surface area contributed by atoms with Crippen molar-refractivity contribution in [1.29, 1.82) is 0 Å². The second-order valence-corrected chi connectivity index (χ2v) is 7.36. The van der Waals surface area contributed by atoms with E-state index in [1.54, 1.807) is 72.8 Å². The number of halogens is 1. The van der Waals surface area contributed by atoms with Crippen molar-refractivity contribution in [1.82, 2.24) is 10.7 Å². The lowest BCUT2D eigenvalue weighted by Crippen LogP contribution is -2.26. The summed E-state index contributed by atoms with van der Waals surface area (Å²) in [4.78, 5) is 36.0. The molecule has 0 aromatic heterocycles. The molecule has 0 saturated carbocycles. The van der Waals surface area contributed by atoms with Crippen LogP contribution in [0.3, 0.4) is 0 Å². The second-order valence-electron chi connectivity index (χ2n) is 6.96. The first kappa shape index (κ1) is 23.7. The summed E-state index contributed by atoms with van der Waals surface area (Å²) in [5.74, 6) is -0.617. The minimum absolute atomic E-state index is 0.171. The Labute approximate surface area is 196 Å². The highest BCUT2D eigenvalue weighted by Crippen LogP contribution is 2.18. The van der Waals surface area contributed by atoms with Gasteiger partial charge in [0.05, 0.1) is 16.8 Å². The zero-order valence-corrected chi connectivity index (χ0v) is 18.4. The average Bonchev–Trinajstić information content (AvgIpc) is 2.83. The molecular formula is C25H22ClN3O4. The number of hydrogen-bond acceptors (Lipinski definition) is 5. The van der Waals surface area contributed by atoms with Crippen LogP contribution in [0, 0.1) is 0 Å². The molecule has 0 aliphatic carbocycles. The van der Waals surface area contributed by atoms with Crippen LogP contribution in [0.2, 0.25) is 5.02 Å². The molecule has 0 bridgehead atoms. The number of amides is 2. The molecule has 0 fully saturated rings. The predicted octanol–water partition coefficient (Wildman–Crippen LogP) is 4.22. The number of benzene rings is 3. The Morgan fingerprint density at radius 2 is 1.61 bits per heavy atom. The fourth-order valence-corrected chi connectivity index (χ4v) is 3.00. The van der Waals surface area contributed by atoms with Crippen LogP contribution in [0.25, 0.3) is 0 Å². The van der Waals surface area contributed by atoms with E-state index in [4.69, 9.17) is 16.3 Å². The molecule has 3 aromatic rings. The minimum atomic E-state index is -0.547. The van der Waals surface area contributed by atoms with E-state index in [2.05, 4.69) is 15.8 Å². The molecule has 3 rings (SSSR count). The largest absolute Gasteiger partial charge is 0.423 e. The summed E-state index contributed by atoms with van der Waals surface area (Å²) in [7, 11) is 0. The average molecular weight is 464 g/mol. The summed E-state index contributed by atoms with van der Waals surface area (Å²) in [5, 5.41) is 7.00. The van der Waals surface area contributed by atoms with E-state index < -0.39 is 5.97 Å². The highest BCUT2D eigenvalue weighted by molar-refractivity contribution is 6.33. The molecule has 0 spiro atoms. The molecular weight excluding hydrogens is 442 g/mol. The summed E-state index contributed by atoms with van der Waals surface area (Å²) < 4.78 is 5.31. The highest BCUT2D eigenvalue weighted by Gasteiger charge is 2.12. The molecule has 8 heteroatoms. The summed E-state index contributed by atoms with van der Waals surface area (Å²) in [5.41, 5.74) is 4.02. The Kier molecular flexibility index (Phi) is 8.73. The standard InChI is InChI=1S/C25H22ClN3O4/c26-22-10-5-4-9-21(22)25(32)33-20-14-12-18(13-15-20)17-28-29-23(30)11-6-16-27-24(31)19-7-2-1-3-8-19/h1-5,7-10,12-15,17H,6,11,16H2,(H,27,31)(H,29,30). The Balaban J connectivity index is 1.37. The molecule has 0 heterocycles. The van der Waals surface area contributed by atoms with Crippen molar-refractivity contribution in [3.05, 3.63) is 101 Å². The van der Waals surface area contributed by atoms with Crippen molar-refractivity contribution in [2.75, 3.05) is 6.54 Å². The number of nitrogens with one attached hydrogen (secondary N) is 2. The van der Waals surface area contributed by atoms with Crippen LogP contribution < -0.4 is 15.5 Å². The maximum atomic E-state index is 12.2. The van der Waals surface area contributed by atoms with Crippen LogP contribution in [0.4, 0.5) is 0 Å². The SMILES string of the molecule is O=C(CCCNC(=O)c1ccccc1)NN=Cc1ccc(OC(=O)c2ccccc2Cl)cc1. The summed E-state index contributed by atoms with van der Waals surface area (Å²) in [6.07, 6.45) is 2.20. The van der Waals surface area contributed by atoms with Gasteiger partial charge in [0.2, 0.25) is 5.91 Å². The molecule has 168 valence electrons. The first-order chi connectivity index (χ1) is 16.0. The van der Waals surface area contributed by atoms with Gasteiger partial charge in [-0.05, 0) is 60.5 Å². The van der Waals surface area contributed by atoms with Gasteiger partial charge in [-0.2, -0.15) is 5.10 Å². The molecule has 0 radical (unpaired) electrons. The normalized spacial score (nSPS) is 10.6. The number of ether oxygens (including phenoxy) is 1. The zero-order chi connectivity index (χ0) is 23.5. The monoisotopic (exact) mass is 463 g/mol. The van der Waals surface area contributed by atoms with Gasteiger partial charge in [0.25, 0.3) is 5.91 Å². The lowest BCUT2D eigenvalue weighted by Gasteiger charge is -2.06. The molecule has 0 unspecified atom stereocenters. The highest BCUT2D eigenvalue weighted by atomic mass is 35.5. The molecule has 0 aliphatic rings. The number of hydrazone groups is 1. The third kappa shape index (κ3) is 7.59. The Morgan fingerprint density at radius 3 is 2.33 bits per heavy atom. The Morgan fingerprint density at radius 1 is 0.909 bits per heavy atom. The lowest BCUT2D eigenvalue weighted by atomic mass is 10.2. The van der Waals surface area contributed by atoms with Gasteiger partial charge >= 0.3 is 5.97 Å². The Bertz CT molecular complexity index is 1130. The van der Waals surface area contributed by atoms with Crippen LogP contribution in [0.15, 0.2) is 84.0 Å². The van der Waals surface area contributed by atoms with E-state index in [1.807, 2.05) is 6.07 Å². The van der Waals surface area contributed by atoms with Gasteiger partial charge in [-0.1, -0.05) is 41.9 Å². The molecule has 33 heavy (non-hydrogen) atoms. The van der Waals surface area contributed by atoms with E-state index in [0.29, 0.717) is 34.9 Å². The van der Waals surface area contributed by atoms with Gasteiger partial charge in [-0.3, -0.25) is 9.59 Å². The van der Waals surface area contributed by atoms with Crippen molar-refractivity contribution in [3.63, 3.8) is 0 Å². The predicted molar refractivity (Wildman–Crippen MR) is 127 cm³/mol. The number of esters is 1. The maximum absolute atomic E-state index is 12.2. The molecule has 2 amide bonds. The van der Waals surface area contributed by atoms with Crippen molar-refractivity contribution in [2.24, 2.45) is 5.10 Å². The number of carbonyl (C=O) groups excluding carboxylic acids is 3. The smallest absolute Gasteiger partial charge is 0.345 e. The molecule has 3 aromatic carbocycles. The number of nitrogens with zero attached hydrogens (tertiary/aromatic N) is 1. The molecule has 7 nitrogen and oxygen atoms in total. The van der Waals surface area contributed by atoms with Crippen LogP contribution in [-0.2, 0) is 4.79 Å². The Hall–Kier alpha value is -3.97. The third-order valence-electron chi connectivity index (χ3n) is 4.49. The van der Waals surface area contributed by atoms with Gasteiger partial charge in [0.1, 0.15) is 5.75 Å². The van der Waals surface area contributed by atoms with Crippen LogP contribution in [0.1, 0.15) is 39.1 Å². The number of rotatable bonds is 9. The van der Waals surface area contributed by atoms with Gasteiger partial charge in [0.15, 0.2) is 0 Å². The van der Waals surface area contributed by atoms with Crippen molar-refractivity contribution >= 4 is 35.6 Å². The summed E-state index contributed by atoms with van der Waals surface area (Å²) >= 11 is 6.00. The quantitative estimate of drug-likeness (QED) is 0.163.